The fourth-order valence-electron chi connectivity index (χ4n) is 1.21. The van der Waals surface area contributed by atoms with Gasteiger partial charge < -0.3 is 10.5 Å². The van der Waals surface area contributed by atoms with Gasteiger partial charge in [-0.1, -0.05) is 35.7 Å². The van der Waals surface area contributed by atoms with Crippen LogP contribution in [0.4, 0.5) is 5.69 Å². The zero-order chi connectivity index (χ0) is 10.4. The van der Waals surface area contributed by atoms with E-state index in [0.717, 1.165) is 28.9 Å². The number of anilines is 1. The predicted molar refractivity (Wildman–Crippen MR) is 63.6 cm³/mol. The van der Waals surface area contributed by atoms with Gasteiger partial charge in [-0.25, -0.2) is 0 Å². The summed E-state index contributed by atoms with van der Waals surface area (Å²) in [5.41, 5.74) is 6.41. The minimum absolute atomic E-state index is 0.727. The predicted octanol–water partition coefficient (Wildman–Crippen LogP) is 3.60. The summed E-state index contributed by atoms with van der Waals surface area (Å²) in [5.74, 6) is 0.841. The van der Waals surface area contributed by atoms with Crippen molar-refractivity contribution in [2.75, 3.05) is 12.3 Å². The van der Waals surface area contributed by atoms with Gasteiger partial charge in [-0.15, -0.1) is 0 Å². The van der Waals surface area contributed by atoms with Crippen LogP contribution in [0.2, 0.25) is 0 Å². The Hall–Kier alpha value is -0.700. The van der Waals surface area contributed by atoms with E-state index in [1.165, 1.54) is 12.8 Å². The van der Waals surface area contributed by atoms with Crippen LogP contribution >= 0.6 is 15.9 Å². The summed E-state index contributed by atoms with van der Waals surface area (Å²) in [6.07, 6.45) is 3.52. The molecule has 0 aliphatic carbocycles. The summed E-state index contributed by atoms with van der Waals surface area (Å²) >= 11 is 3.38. The van der Waals surface area contributed by atoms with Crippen molar-refractivity contribution in [2.24, 2.45) is 0 Å². The molecule has 0 atom stereocenters. The van der Waals surface area contributed by atoms with E-state index in [1.807, 2.05) is 18.2 Å². The second-order valence-corrected chi connectivity index (χ2v) is 4.19. The number of nitrogen functional groups attached to an aromatic ring is 1. The highest BCUT2D eigenvalue weighted by molar-refractivity contribution is 9.10. The first-order valence-corrected chi connectivity index (χ1v) is 5.70. The van der Waals surface area contributed by atoms with E-state index in [9.17, 15) is 0 Å². The molecule has 0 spiro atoms. The molecular formula is C11H16BrNO. The van der Waals surface area contributed by atoms with Crippen LogP contribution < -0.4 is 10.5 Å². The third-order valence-corrected chi connectivity index (χ3v) is 2.37. The molecular weight excluding hydrogens is 242 g/mol. The molecule has 2 nitrogen and oxygen atoms in total. The molecule has 0 fully saturated rings. The monoisotopic (exact) mass is 257 g/mol. The number of hydrogen-bond acceptors (Lipinski definition) is 2. The maximum absolute atomic E-state index is 5.68. The van der Waals surface area contributed by atoms with E-state index >= 15 is 0 Å². The average molecular weight is 258 g/mol. The summed E-state index contributed by atoms with van der Waals surface area (Å²) in [7, 11) is 0. The second kappa shape index (κ2) is 5.91. The van der Waals surface area contributed by atoms with Crippen LogP contribution in [0, 0.1) is 0 Å². The highest BCUT2D eigenvalue weighted by Gasteiger charge is 1.97. The molecule has 1 rings (SSSR count). The summed E-state index contributed by atoms with van der Waals surface area (Å²) in [5, 5.41) is 0. The van der Waals surface area contributed by atoms with Gasteiger partial charge in [-0.05, 0) is 18.6 Å². The molecule has 0 radical (unpaired) electrons. The zero-order valence-electron chi connectivity index (χ0n) is 8.42. The molecule has 1 aromatic rings. The Balaban J connectivity index is 2.42. The van der Waals surface area contributed by atoms with Gasteiger partial charge in [0.05, 0.1) is 6.61 Å². The largest absolute Gasteiger partial charge is 0.493 e. The molecule has 0 saturated heterocycles. The maximum Gasteiger partial charge on any atom is 0.122 e. The molecule has 0 aliphatic heterocycles. The summed E-state index contributed by atoms with van der Waals surface area (Å²) in [6, 6.07) is 5.64. The van der Waals surface area contributed by atoms with Crippen molar-refractivity contribution < 1.29 is 4.74 Å². The molecule has 0 bridgehead atoms. The van der Waals surface area contributed by atoms with Crippen molar-refractivity contribution >= 4 is 21.6 Å². The minimum Gasteiger partial charge on any atom is -0.493 e. The number of ether oxygens (including phenoxy) is 1. The number of benzene rings is 1. The van der Waals surface area contributed by atoms with Crippen LogP contribution in [0.5, 0.6) is 5.75 Å². The molecule has 2 N–H and O–H groups in total. The van der Waals surface area contributed by atoms with Crippen molar-refractivity contribution in [2.45, 2.75) is 26.2 Å². The average Bonchev–Trinajstić information content (AvgIpc) is 2.11. The van der Waals surface area contributed by atoms with Gasteiger partial charge >= 0.3 is 0 Å². The van der Waals surface area contributed by atoms with E-state index in [-0.39, 0.29) is 0 Å². The Morgan fingerprint density at radius 3 is 2.71 bits per heavy atom. The van der Waals surface area contributed by atoms with Crippen molar-refractivity contribution in [3.63, 3.8) is 0 Å². The minimum atomic E-state index is 0.727. The lowest BCUT2D eigenvalue weighted by Gasteiger charge is -2.06. The molecule has 3 heteroatoms. The summed E-state index contributed by atoms with van der Waals surface area (Å²) in [4.78, 5) is 0. The third kappa shape index (κ3) is 4.01. The smallest absolute Gasteiger partial charge is 0.122 e. The lowest BCUT2D eigenvalue weighted by Crippen LogP contribution is -1.97. The van der Waals surface area contributed by atoms with Crippen molar-refractivity contribution in [1.82, 2.24) is 0 Å². The molecule has 78 valence electrons. The number of nitrogens with two attached hydrogens (primary N) is 1. The number of halogens is 1. The molecule has 0 heterocycles. The van der Waals surface area contributed by atoms with E-state index in [2.05, 4.69) is 22.9 Å². The van der Waals surface area contributed by atoms with Gasteiger partial charge in [0, 0.05) is 16.2 Å². The fraction of sp³-hybridized carbons (Fsp3) is 0.455. The standard InChI is InChI=1S/C11H16BrNO/c1-2-3-4-5-14-11-7-9(12)6-10(13)8-11/h6-8H,2-5,13H2,1H3. The molecule has 0 aliphatic rings. The molecule has 0 unspecified atom stereocenters. The molecule has 14 heavy (non-hydrogen) atoms. The van der Waals surface area contributed by atoms with Crippen LogP contribution in [0.25, 0.3) is 0 Å². The van der Waals surface area contributed by atoms with Crippen LogP contribution in [-0.2, 0) is 0 Å². The SMILES string of the molecule is CCCCCOc1cc(N)cc(Br)c1. The topological polar surface area (TPSA) is 35.2 Å². The zero-order valence-corrected chi connectivity index (χ0v) is 10.0. The first-order valence-electron chi connectivity index (χ1n) is 4.91. The van der Waals surface area contributed by atoms with Crippen LogP contribution in [0.15, 0.2) is 22.7 Å². The summed E-state index contributed by atoms with van der Waals surface area (Å²) < 4.78 is 6.52. The maximum atomic E-state index is 5.68. The van der Waals surface area contributed by atoms with Gasteiger partial charge in [-0.2, -0.15) is 0 Å². The Kier molecular flexibility index (Phi) is 4.80. The van der Waals surface area contributed by atoms with Gasteiger partial charge in [0.1, 0.15) is 5.75 Å². The van der Waals surface area contributed by atoms with Gasteiger partial charge in [-0.3, -0.25) is 0 Å². The Labute approximate surface area is 93.6 Å². The van der Waals surface area contributed by atoms with E-state index < -0.39 is 0 Å². The third-order valence-electron chi connectivity index (χ3n) is 1.91. The molecule has 1 aromatic carbocycles. The number of rotatable bonds is 5. The Bertz CT molecular complexity index is 268. The first kappa shape index (κ1) is 11.4. The highest BCUT2D eigenvalue weighted by Crippen LogP contribution is 2.22. The fourth-order valence-corrected chi connectivity index (χ4v) is 1.70. The molecule has 0 saturated carbocycles. The van der Waals surface area contributed by atoms with Gasteiger partial charge in [0.25, 0.3) is 0 Å². The van der Waals surface area contributed by atoms with Crippen LogP contribution in [-0.4, -0.2) is 6.61 Å². The quantitative estimate of drug-likeness (QED) is 0.647. The Morgan fingerprint density at radius 2 is 2.07 bits per heavy atom. The lowest BCUT2D eigenvalue weighted by molar-refractivity contribution is 0.306. The Morgan fingerprint density at radius 1 is 1.29 bits per heavy atom. The second-order valence-electron chi connectivity index (χ2n) is 3.28. The first-order chi connectivity index (χ1) is 6.72. The molecule has 0 aromatic heterocycles. The van der Waals surface area contributed by atoms with E-state index in [1.54, 1.807) is 0 Å². The van der Waals surface area contributed by atoms with Crippen molar-refractivity contribution in [3.05, 3.63) is 22.7 Å². The van der Waals surface area contributed by atoms with E-state index in [4.69, 9.17) is 10.5 Å². The van der Waals surface area contributed by atoms with Crippen LogP contribution in [0.3, 0.4) is 0 Å². The van der Waals surface area contributed by atoms with Gasteiger partial charge in [0.2, 0.25) is 0 Å². The van der Waals surface area contributed by atoms with Gasteiger partial charge in [0.15, 0.2) is 0 Å². The summed E-state index contributed by atoms with van der Waals surface area (Å²) in [6.45, 7) is 2.95. The number of unbranched alkanes of at least 4 members (excludes halogenated alkanes) is 2. The van der Waals surface area contributed by atoms with Crippen molar-refractivity contribution in [3.8, 4) is 5.75 Å². The van der Waals surface area contributed by atoms with Crippen LogP contribution in [0.1, 0.15) is 26.2 Å². The molecule has 0 amide bonds. The van der Waals surface area contributed by atoms with Crippen molar-refractivity contribution in [1.29, 1.82) is 0 Å². The lowest BCUT2D eigenvalue weighted by atomic mass is 10.2. The highest BCUT2D eigenvalue weighted by atomic mass is 79.9. The normalized spacial score (nSPS) is 10.1. The van der Waals surface area contributed by atoms with E-state index in [0.29, 0.717) is 0 Å². The number of hydrogen-bond donors (Lipinski definition) is 1.